The molecular weight excluding hydrogens is 514 g/mol. The second kappa shape index (κ2) is 8.62. The van der Waals surface area contributed by atoms with E-state index in [-0.39, 0.29) is 14.9 Å². The van der Waals surface area contributed by atoms with Crippen LogP contribution in [0.4, 0.5) is 0 Å². The van der Waals surface area contributed by atoms with E-state index < -0.39 is 0 Å². The van der Waals surface area contributed by atoms with Crippen molar-refractivity contribution in [2.24, 2.45) is 0 Å². The van der Waals surface area contributed by atoms with Gasteiger partial charge in [0.25, 0.3) is 0 Å². The third-order valence-electron chi connectivity index (χ3n) is 3.07. The quantitative estimate of drug-likeness (QED) is 0.276. The molecule has 0 aliphatic carbocycles. The van der Waals surface area contributed by atoms with Gasteiger partial charge in [0.2, 0.25) is 0 Å². The average Bonchev–Trinajstić information content (AvgIpc) is 3.06. The van der Waals surface area contributed by atoms with Crippen LogP contribution in [0.25, 0.3) is 21.8 Å². The van der Waals surface area contributed by atoms with Crippen LogP contribution in [0.2, 0.25) is 0 Å². The molecule has 2 heterocycles. The average molecular weight is 534 g/mol. The number of fused-ring (bicyclic) bond motifs is 2. The van der Waals surface area contributed by atoms with Crippen LogP contribution in [0.5, 0.6) is 0 Å². The summed E-state index contributed by atoms with van der Waals surface area (Å²) < 4.78 is 2.34. The van der Waals surface area contributed by atoms with Gasteiger partial charge in [0.1, 0.15) is 3.70 Å². The molecule has 2 aromatic carbocycles. The second-order valence-corrected chi connectivity index (χ2v) is 6.98. The Labute approximate surface area is 163 Å². The molecule has 0 aliphatic heterocycles. The van der Waals surface area contributed by atoms with Crippen molar-refractivity contribution in [1.29, 1.82) is 0 Å². The van der Waals surface area contributed by atoms with Crippen LogP contribution in [0.3, 0.4) is 0 Å². The van der Waals surface area contributed by atoms with Gasteiger partial charge in [-0.05, 0) is 81.9 Å². The van der Waals surface area contributed by atoms with E-state index in [2.05, 4.69) is 109 Å². The summed E-state index contributed by atoms with van der Waals surface area (Å²) in [5.41, 5.74) is 3.40. The number of aromatic nitrogens is 4. The van der Waals surface area contributed by atoms with Crippen molar-refractivity contribution in [3.63, 3.8) is 0 Å². The predicted molar refractivity (Wildman–Crippen MR) is 116 cm³/mol. The van der Waals surface area contributed by atoms with E-state index in [9.17, 15) is 0 Å². The Balaban J connectivity index is 0.000000212. The summed E-state index contributed by atoms with van der Waals surface area (Å²) in [7, 11) is 0. The zero-order valence-electron chi connectivity index (χ0n) is 11.2. The lowest BCUT2D eigenvalue weighted by molar-refractivity contribution is 1.09. The van der Waals surface area contributed by atoms with E-state index in [1.165, 1.54) is 19.9 Å². The fourth-order valence-corrected chi connectivity index (χ4v) is 3.07. The molecule has 0 atom stereocenters. The van der Waals surface area contributed by atoms with Gasteiger partial charge in [0.05, 0.1) is 17.2 Å². The summed E-state index contributed by atoms with van der Waals surface area (Å²) in [5.74, 6) is 0. The highest BCUT2D eigenvalue weighted by Gasteiger charge is 2.00. The number of H-pyrrole nitrogens is 2. The summed E-state index contributed by atoms with van der Waals surface area (Å²) in [4.78, 5) is 0. The Morgan fingerprint density at radius 1 is 0.957 bits per heavy atom. The molecule has 0 amide bonds. The van der Waals surface area contributed by atoms with Crippen LogP contribution in [-0.4, -0.2) is 20.4 Å². The van der Waals surface area contributed by atoms with E-state index in [1.807, 2.05) is 6.20 Å². The Hall–Kier alpha value is -1.16. The fourth-order valence-electron chi connectivity index (χ4n) is 2.00. The van der Waals surface area contributed by atoms with Crippen molar-refractivity contribution < 1.29 is 0 Å². The molecule has 23 heavy (non-hydrogen) atoms. The zero-order chi connectivity index (χ0) is 14.8. The monoisotopic (exact) mass is 534 g/mol. The highest BCUT2D eigenvalue weighted by atomic mass is 127. The van der Waals surface area contributed by atoms with Crippen molar-refractivity contribution in [1.82, 2.24) is 20.4 Å². The number of hydrogen-bond acceptors (Lipinski definition) is 2. The standard InChI is InChI=1S/C8H7IN2.C7H5IN2.2CH4/c1-5-2-3-6-7(4-5)10-11-8(6)9;8-6-2-1-5-4-9-10-7(5)3-6;;/h2-4H,1H3,(H,10,11);1-4H,(H,9,10);2*1H4. The molecule has 122 valence electrons. The van der Waals surface area contributed by atoms with Gasteiger partial charge in [-0.2, -0.15) is 10.2 Å². The van der Waals surface area contributed by atoms with Gasteiger partial charge in [0, 0.05) is 14.3 Å². The van der Waals surface area contributed by atoms with Gasteiger partial charge in [-0.15, -0.1) is 0 Å². The number of nitrogens with one attached hydrogen (secondary N) is 2. The summed E-state index contributed by atoms with van der Waals surface area (Å²) in [5, 5.41) is 16.3. The maximum Gasteiger partial charge on any atom is 0.104 e. The highest BCUT2D eigenvalue weighted by Crippen LogP contribution is 2.18. The zero-order valence-corrected chi connectivity index (χ0v) is 15.5. The summed E-state index contributed by atoms with van der Waals surface area (Å²) >= 11 is 4.52. The van der Waals surface area contributed by atoms with Crippen LogP contribution in [0.1, 0.15) is 20.4 Å². The van der Waals surface area contributed by atoms with Crippen molar-refractivity contribution >= 4 is 67.0 Å². The number of benzene rings is 2. The molecule has 6 heteroatoms. The highest BCUT2D eigenvalue weighted by molar-refractivity contribution is 14.1. The van der Waals surface area contributed by atoms with E-state index in [4.69, 9.17) is 0 Å². The molecule has 2 N–H and O–H groups in total. The first-order valence-corrected chi connectivity index (χ1v) is 8.48. The van der Waals surface area contributed by atoms with E-state index in [0.717, 1.165) is 14.7 Å². The molecule has 0 saturated carbocycles. The molecule has 0 bridgehead atoms. The number of aromatic amines is 2. The van der Waals surface area contributed by atoms with Crippen molar-refractivity contribution in [2.75, 3.05) is 0 Å². The van der Waals surface area contributed by atoms with Gasteiger partial charge in [-0.25, -0.2) is 0 Å². The Morgan fingerprint density at radius 3 is 2.52 bits per heavy atom. The number of hydrogen-bond donors (Lipinski definition) is 2. The van der Waals surface area contributed by atoms with Crippen molar-refractivity contribution in [3.8, 4) is 0 Å². The van der Waals surface area contributed by atoms with Gasteiger partial charge >= 0.3 is 0 Å². The number of aryl methyl sites for hydroxylation is 1. The van der Waals surface area contributed by atoms with E-state index in [1.54, 1.807) is 0 Å². The summed E-state index contributed by atoms with van der Waals surface area (Å²) in [6.07, 6.45) is 1.82. The minimum Gasteiger partial charge on any atom is -0.278 e. The van der Waals surface area contributed by atoms with Crippen LogP contribution in [0, 0.1) is 14.2 Å². The van der Waals surface area contributed by atoms with Gasteiger partial charge < -0.3 is 0 Å². The molecular formula is C17H20I2N4. The first kappa shape index (κ1) is 19.9. The second-order valence-electron chi connectivity index (χ2n) is 4.66. The lowest BCUT2D eigenvalue weighted by Crippen LogP contribution is -1.71. The maximum absolute atomic E-state index is 4.15. The van der Waals surface area contributed by atoms with Crippen molar-refractivity contribution in [3.05, 3.63) is 55.4 Å². The molecule has 0 spiro atoms. The molecule has 2 aromatic heterocycles. The Morgan fingerprint density at radius 2 is 1.74 bits per heavy atom. The van der Waals surface area contributed by atoms with E-state index in [0.29, 0.717) is 0 Å². The SMILES string of the molecule is C.C.Cc1ccc2c(I)[nH]nc2c1.Ic1ccc2cn[nH]c2c1. The normalized spacial score (nSPS) is 9.70. The third kappa shape index (κ3) is 4.66. The van der Waals surface area contributed by atoms with Crippen LogP contribution >= 0.6 is 45.2 Å². The first-order valence-electron chi connectivity index (χ1n) is 6.32. The largest absolute Gasteiger partial charge is 0.278 e. The molecule has 0 fully saturated rings. The summed E-state index contributed by atoms with van der Waals surface area (Å²) in [6, 6.07) is 12.5. The maximum atomic E-state index is 4.15. The van der Waals surface area contributed by atoms with Gasteiger partial charge in [-0.1, -0.05) is 27.0 Å². The van der Waals surface area contributed by atoms with Gasteiger partial charge in [0.15, 0.2) is 0 Å². The minimum absolute atomic E-state index is 0. The Kier molecular flexibility index (Phi) is 7.46. The molecule has 0 radical (unpaired) electrons. The first-order chi connectivity index (χ1) is 10.1. The predicted octanol–water partition coefficient (Wildman–Crippen LogP) is 5.92. The lowest BCUT2D eigenvalue weighted by atomic mass is 10.2. The number of rotatable bonds is 0. The number of nitrogens with zero attached hydrogens (tertiary/aromatic N) is 2. The molecule has 4 aromatic rings. The van der Waals surface area contributed by atoms with E-state index >= 15 is 0 Å². The lowest BCUT2D eigenvalue weighted by Gasteiger charge is -1.89. The molecule has 0 aliphatic rings. The number of halogens is 2. The van der Waals surface area contributed by atoms with Crippen LogP contribution in [-0.2, 0) is 0 Å². The molecule has 0 saturated heterocycles. The van der Waals surface area contributed by atoms with Crippen molar-refractivity contribution in [2.45, 2.75) is 21.8 Å². The summed E-state index contributed by atoms with van der Waals surface area (Å²) in [6.45, 7) is 2.07. The topological polar surface area (TPSA) is 57.4 Å². The third-order valence-corrected chi connectivity index (χ3v) is 4.56. The molecule has 4 nitrogen and oxygen atoms in total. The molecule has 0 unspecified atom stereocenters. The minimum atomic E-state index is 0. The molecule has 4 rings (SSSR count). The van der Waals surface area contributed by atoms with Crippen LogP contribution < -0.4 is 0 Å². The van der Waals surface area contributed by atoms with Gasteiger partial charge in [-0.3, -0.25) is 10.2 Å². The fraction of sp³-hybridized carbons (Fsp3) is 0.176. The smallest absolute Gasteiger partial charge is 0.104 e. The Bertz CT molecular complexity index is 896. The van der Waals surface area contributed by atoms with Crippen LogP contribution in [0.15, 0.2) is 42.6 Å².